The Hall–Kier alpha value is -3.05. The van der Waals surface area contributed by atoms with Gasteiger partial charge in [0, 0.05) is 37.4 Å². The van der Waals surface area contributed by atoms with E-state index in [1.807, 2.05) is 80.6 Å². The Kier molecular flexibility index (Phi) is 10.9. The molecule has 0 bridgehead atoms. The lowest BCUT2D eigenvalue weighted by molar-refractivity contribution is -0.141. The van der Waals surface area contributed by atoms with Gasteiger partial charge in [-0.05, 0) is 30.0 Å². The zero-order valence-electron chi connectivity index (χ0n) is 20.8. The molecule has 0 saturated carbocycles. The maximum atomic E-state index is 13.6. The molecule has 35 heavy (non-hydrogen) atoms. The van der Waals surface area contributed by atoms with Gasteiger partial charge in [0.25, 0.3) is 0 Å². The predicted molar refractivity (Wildman–Crippen MR) is 146 cm³/mol. The molecule has 0 aliphatic heterocycles. The van der Waals surface area contributed by atoms with Crippen LogP contribution in [0.5, 0.6) is 0 Å². The van der Waals surface area contributed by atoms with E-state index in [9.17, 15) is 9.59 Å². The lowest BCUT2D eigenvalue weighted by atomic mass is 10.0. The highest BCUT2D eigenvalue weighted by Crippen LogP contribution is 2.19. The van der Waals surface area contributed by atoms with Gasteiger partial charge in [0.15, 0.2) is 0 Å². The minimum atomic E-state index is -0.559. The number of nitrogens with one attached hydrogen (secondary N) is 1. The summed E-state index contributed by atoms with van der Waals surface area (Å²) >= 11 is 1.75. The number of rotatable bonds is 13. The molecule has 0 aromatic heterocycles. The number of benzene rings is 3. The molecule has 1 N–H and O–H groups in total. The molecule has 0 unspecified atom stereocenters. The molecular formula is C30H36N2O2S. The van der Waals surface area contributed by atoms with Crippen molar-refractivity contribution in [2.45, 2.75) is 51.4 Å². The van der Waals surface area contributed by atoms with Crippen molar-refractivity contribution in [3.05, 3.63) is 107 Å². The molecule has 5 heteroatoms. The van der Waals surface area contributed by atoms with Crippen LogP contribution < -0.4 is 5.32 Å². The van der Waals surface area contributed by atoms with Crippen LogP contribution in [-0.4, -0.2) is 35.1 Å². The third kappa shape index (κ3) is 8.91. The fourth-order valence-electron chi connectivity index (χ4n) is 3.99. The van der Waals surface area contributed by atoms with Crippen molar-refractivity contribution >= 4 is 23.6 Å². The number of nitrogens with zero attached hydrogens (tertiary/aromatic N) is 1. The molecule has 0 heterocycles. The highest BCUT2D eigenvalue weighted by molar-refractivity contribution is 7.98. The monoisotopic (exact) mass is 488 g/mol. The molecule has 0 aliphatic carbocycles. The Morgan fingerprint density at radius 2 is 1.54 bits per heavy atom. The molecule has 3 rings (SSSR count). The molecule has 1 atom stereocenters. The minimum Gasteiger partial charge on any atom is -0.354 e. The Morgan fingerprint density at radius 1 is 0.886 bits per heavy atom. The number of hydrogen-bond donors (Lipinski definition) is 1. The van der Waals surface area contributed by atoms with Crippen molar-refractivity contribution in [3.8, 4) is 0 Å². The van der Waals surface area contributed by atoms with Crippen LogP contribution in [0.4, 0.5) is 0 Å². The van der Waals surface area contributed by atoms with Gasteiger partial charge in [-0.2, -0.15) is 11.8 Å². The Labute approximate surface area is 214 Å². The van der Waals surface area contributed by atoms with Crippen molar-refractivity contribution < 1.29 is 9.59 Å². The molecule has 0 spiro atoms. The first kappa shape index (κ1) is 26.6. The zero-order valence-corrected chi connectivity index (χ0v) is 21.6. The summed E-state index contributed by atoms with van der Waals surface area (Å²) in [5, 5.41) is 3.04. The Morgan fingerprint density at radius 3 is 2.20 bits per heavy atom. The number of thioether (sulfide) groups is 1. The molecule has 0 saturated heterocycles. The number of amides is 2. The van der Waals surface area contributed by atoms with E-state index in [0.717, 1.165) is 28.9 Å². The van der Waals surface area contributed by atoms with Gasteiger partial charge in [-0.1, -0.05) is 97.4 Å². The van der Waals surface area contributed by atoms with Crippen LogP contribution in [-0.2, 0) is 28.3 Å². The van der Waals surface area contributed by atoms with Crippen LogP contribution in [0.2, 0.25) is 0 Å². The van der Waals surface area contributed by atoms with Crippen LogP contribution in [0.15, 0.2) is 84.9 Å². The summed E-state index contributed by atoms with van der Waals surface area (Å²) in [5.41, 5.74) is 4.48. The SMILES string of the molecule is CCCNC(=O)[C@@H](Cc1ccccc1)N(Cc1cccc(C)c1)C(=O)CCSCc1ccccc1. The minimum absolute atomic E-state index is 0.0136. The number of carbonyl (C=O) groups excluding carboxylic acids is 2. The van der Waals surface area contributed by atoms with Crippen LogP contribution in [0.25, 0.3) is 0 Å². The second-order valence-electron chi connectivity index (χ2n) is 8.80. The Balaban J connectivity index is 1.78. The molecule has 3 aromatic carbocycles. The van der Waals surface area contributed by atoms with E-state index in [0.29, 0.717) is 31.7 Å². The predicted octanol–water partition coefficient (Wildman–Crippen LogP) is 5.78. The normalized spacial score (nSPS) is 11.6. The fourth-order valence-corrected chi connectivity index (χ4v) is 4.89. The van der Waals surface area contributed by atoms with E-state index in [-0.39, 0.29) is 11.8 Å². The second-order valence-corrected chi connectivity index (χ2v) is 9.90. The van der Waals surface area contributed by atoms with Crippen LogP contribution in [0.1, 0.15) is 42.0 Å². The maximum absolute atomic E-state index is 13.6. The lowest BCUT2D eigenvalue weighted by Crippen LogP contribution is -2.50. The molecule has 2 amide bonds. The third-order valence-electron chi connectivity index (χ3n) is 5.83. The molecule has 0 fully saturated rings. The summed E-state index contributed by atoms with van der Waals surface area (Å²) < 4.78 is 0. The van der Waals surface area contributed by atoms with Gasteiger partial charge < -0.3 is 10.2 Å². The average molecular weight is 489 g/mol. The van der Waals surface area contributed by atoms with Gasteiger partial charge in [-0.15, -0.1) is 0 Å². The van der Waals surface area contributed by atoms with Crippen molar-refractivity contribution in [3.63, 3.8) is 0 Å². The van der Waals surface area contributed by atoms with Crippen molar-refractivity contribution in [1.29, 1.82) is 0 Å². The zero-order chi connectivity index (χ0) is 24.9. The van der Waals surface area contributed by atoms with Gasteiger partial charge in [0.1, 0.15) is 6.04 Å². The van der Waals surface area contributed by atoms with E-state index < -0.39 is 6.04 Å². The fraction of sp³-hybridized carbons (Fsp3) is 0.333. The standard InChI is InChI=1S/C30H36N2O2S/c1-3-18-31-30(34)28(21-25-12-6-4-7-13-25)32(22-27-16-10-11-24(2)20-27)29(33)17-19-35-23-26-14-8-5-9-15-26/h4-16,20,28H,3,17-19,21-23H2,1-2H3,(H,31,34)/t28-/m1/s1. The summed E-state index contributed by atoms with van der Waals surface area (Å²) in [6.07, 6.45) is 1.74. The lowest BCUT2D eigenvalue weighted by Gasteiger charge is -2.31. The highest BCUT2D eigenvalue weighted by Gasteiger charge is 2.30. The number of aryl methyl sites for hydroxylation is 1. The van der Waals surface area contributed by atoms with Gasteiger partial charge >= 0.3 is 0 Å². The van der Waals surface area contributed by atoms with Crippen LogP contribution in [0.3, 0.4) is 0 Å². The molecule has 184 valence electrons. The third-order valence-corrected chi connectivity index (χ3v) is 6.86. The van der Waals surface area contributed by atoms with E-state index in [4.69, 9.17) is 0 Å². The molecule has 3 aromatic rings. The van der Waals surface area contributed by atoms with E-state index in [2.05, 4.69) is 23.5 Å². The van der Waals surface area contributed by atoms with Crippen LogP contribution in [0, 0.1) is 6.92 Å². The molecule has 0 radical (unpaired) electrons. The maximum Gasteiger partial charge on any atom is 0.243 e. The van der Waals surface area contributed by atoms with Crippen LogP contribution >= 0.6 is 11.8 Å². The topological polar surface area (TPSA) is 49.4 Å². The van der Waals surface area contributed by atoms with Crippen molar-refractivity contribution in [2.24, 2.45) is 0 Å². The van der Waals surface area contributed by atoms with Gasteiger partial charge in [-0.25, -0.2) is 0 Å². The van der Waals surface area contributed by atoms with E-state index >= 15 is 0 Å². The largest absolute Gasteiger partial charge is 0.354 e. The molecule has 0 aliphatic rings. The van der Waals surface area contributed by atoms with E-state index in [1.54, 1.807) is 16.7 Å². The summed E-state index contributed by atoms with van der Waals surface area (Å²) in [7, 11) is 0. The summed E-state index contributed by atoms with van der Waals surface area (Å²) in [5.74, 6) is 1.51. The first-order chi connectivity index (χ1) is 17.1. The Bertz CT molecular complexity index is 1060. The number of hydrogen-bond acceptors (Lipinski definition) is 3. The van der Waals surface area contributed by atoms with Gasteiger partial charge in [0.05, 0.1) is 0 Å². The summed E-state index contributed by atoms with van der Waals surface area (Å²) in [6.45, 7) is 5.10. The first-order valence-electron chi connectivity index (χ1n) is 12.3. The summed E-state index contributed by atoms with van der Waals surface area (Å²) in [4.78, 5) is 28.7. The van der Waals surface area contributed by atoms with Gasteiger partial charge in [0.2, 0.25) is 11.8 Å². The average Bonchev–Trinajstić information content (AvgIpc) is 2.88. The smallest absolute Gasteiger partial charge is 0.243 e. The van der Waals surface area contributed by atoms with Crippen molar-refractivity contribution in [2.75, 3.05) is 12.3 Å². The highest BCUT2D eigenvalue weighted by atomic mass is 32.2. The quantitative estimate of drug-likeness (QED) is 0.310. The molecular weight excluding hydrogens is 452 g/mol. The van der Waals surface area contributed by atoms with E-state index in [1.165, 1.54) is 5.56 Å². The number of carbonyl (C=O) groups is 2. The van der Waals surface area contributed by atoms with Gasteiger partial charge in [-0.3, -0.25) is 9.59 Å². The second kappa shape index (κ2) is 14.4. The molecule has 4 nitrogen and oxygen atoms in total. The first-order valence-corrected chi connectivity index (χ1v) is 13.5. The summed E-state index contributed by atoms with van der Waals surface area (Å²) in [6, 6.07) is 27.9. The van der Waals surface area contributed by atoms with Crippen molar-refractivity contribution in [1.82, 2.24) is 10.2 Å².